The first-order chi connectivity index (χ1) is 13.8. The zero-order valence-corrected chi connectivity index (χ0v) is 16.4. The maximum Gasteiger partial charge on any atom is 0.225 e. The largest absolute Gasteiger partial charge is 0.356 e. The van der Waals surface area contributed by atoms with Crippen molar-refractivity contribution in [3.05, 3.63) is 77.7 Å². The van der Waals surface area contributed by atoms with Gasteiger partial charge in [-0.3, -0.25) is 4.98 Å². The average molecular weight is 374 g/mol. The van der Waals surface area contributed by atoms with E-state index in [-0.39, 0.29) is 0 Å². The van der Waals surface area contributed by atoms with Crippen molar-refractivity contribution in [2.75, 3.05) is 23.3 Å². The van der Waals surface area contributed by atoms with Gasteiger partial charge in [0, 0.05) is 43.8 Å². The van der Waals surface area contributed by atoms with Gasteiger partial charge in [-0.15, -0.1) is 0 Å². The van der Waals surface area contributed by atoms with E-state index in [1.807, 2.05) is 19.1 Å². The molecule has 1 aliphatic rings. The van der Waals surface area contributed by atoms with Gasteiger partial charge in [0.25, 0.3) is 0 Å². The fourth-order valence-electron chi connectivity index (χ4n) is 3.79. The first-order valence-corrected chi connectivity index (χ1v) is 10.0. The van der Waals surface area contributed by atoms with Crippen molar-refractivity contribution < 1.29 is 0 Å². The monoisotopic (exact) mass is 373 g/mol. The standard InChI is InChI=1S/C23H27N5/c1-18-15-22(27-23(26-18)25-17-21-7-11-24-12-8-21)28-13-9-20(10-14-28)16-19-5-3-2-4-6-19/h2-8,11-12,15,20H,9-10,13-14,16-17H2,1H3,(H,25,26,27). The summed E-state index contributed by atoms with van der Waals surface area (Å²) in [7, 11) is 0. The number of hydrogen-bond donors (Lipinski definition) is 1. The van der Waals surface area contributed by atoms with Crippen LogP contribution in [0, 0.1) is 12.8 Å². The molecule has 0 amide bonds. The molecule has 5 heteroatoms. The third-order valence-electron chi connectivity index (χ3n) is 5.35. The van der Waals surface area contributed by atoms with E-state index in [0.29, 0.717) is 12.5 Å². The molecule has 2 aromatic heterocycles. The van der Waals surface area contributed by atoms with Crippen LogP contribution in [0.25, 0.3) is 0 Å². The number of nitrogens with zero attached hydrogens (tertiary/aromatic N) is 4. The Balaban J connectivity index is 1.36. The summed E-state index contributed by atoms with van der Waals surface area (Å²) in [5, 5.41) is 3.35. The Morgan fingerprint density at radius 3 is 2.46 bits per heavy atom. The molecule has 144 valence electrons. The van der Waals surface area contributed by atoms with Crippen LogP contribution in [0.15, 0.2) is 60.9 Å². The quantitative estimate of drug-likeness (QED) is 0.700. The summed E-state index contributed by atoms with van der Waals surface area (Å²) in [6.07, 6.45) is 7.20. The molecular weight excluding hydrogens is 346 g/mol. The van der Waals surface area contributed by atoms with Gasteiger partial charge < -0.3 is 10.2 Å². The molecule has 0 aliphatic carbocycles. The fourth-order valence-corrected chi connectivity index (χ4v) is 3.79. The Morgan fingerprint density at radius 2 is 1.71 bits per heavy atom. The molecule has 28 heavy (non-hydrogen) atoms. The highest BCUT2D eigenvalue weighted by atomic mass is 15.2. The summed E-state index contributed by atoms with van der Waals surface area (Å²) in [6, 6.07) is 16.9. The molecule has 4 rings (SSSR count). The second kappa shape index (κ2) is 8.83. The molecule has 1 N–H and O–H groups in total. The van der Waals surface area contributed by atoms with Crippen LogP contribution in [0.4, 0.5) is 11.8 Å². The maximum atomic E-state index is 4.77. The van der Waals surface area contributed by atoms with Gasteiger partial charge >= 0.3 is 0 Å². The van der Waals surface area contributed by atoms with Gasteiger partial charge in [-0.05, 0) is 55.4 Å². The van der Waals surface area contributed by atoms with E-state index in [1.54, 1.807) is 12.4 Å². The van der Waals surface area contributed by atoms with Gasteiger partial charge in [0.15, 0.2) is 0 Å². The van der Waals surface area contributed by atoms with E-state index in [4.69, 9.17) is 4.98 Å². The van der Waals surface area contributed by atoms with E-state index in [9.17, 15) is 0 Å². The van der Waals surface area contributed by atoms with E-state index >= 15 is 0 Å². The van der Waals surface area contributed by atoms with Crippen molar-refractivity contribution in [1.29, 1.82) is 0 Å². The minimum absolute atomic E-state index is 0.693. The highest BCUT2D eigenvalue weighted by molar-refractivity contribution is 5.45. The molecule has 1 fully saturated rings. The third kappa shape index (κ3) is 4.85. The van der Waals surface area contributed by atoms with Gasteiger partial charge in [0.1, 0.15) is 5.82 Å². The molecule has 0 saturated carbocycles. The van der Waals surface area contributed by atoms with Crippen molar-refractivity contribution in [3.8, 4) is 0 Å². The van der Waals surface area contributed by atoms with Crippen molar-refractivity contribution in [3.63, 3.8) is 0 Å². The molecule has 0 spiro atoms. The number of anilines is 2. The topological polar surface area (TPSA) is 53.9 Å². The summed E-state index contributed by atoms with van der Waals surface area (Å²) in [6.45, 7) is 4.84. The Morgan fingerprint density at radius 1 is 0.964 bits per heavy atom. The number of pyridine rings is 1. The molecular formula is C23H27N5. The molecule has 0 radical (unpaired) electrons. The number of aryl methyl sites for hydroxylation is 1. The van der Waals surface area contributed by atoms with Crippen molar-refractivity contribution in [1.82, 2.24) is 15.0 Å². The van der Waals surface area contributed by atoms with Gasteiger partial charge in [-0.25, -0.2) is 4.98 Å². The molecule has 1 aliphatic heterocycles. The molecule has 3 heterocycles. The normalized spacial score (nSPS) is 14.8. The van der Waals surface area contributed by atoms with E-state index in [1.165, 1.54) is 30.4 Å². The minimum Gasteiger partial charge on any atom is -0.356 e. The summed E-state index contributed by atoms with van der Waals surface area (Å²) in [5.74, 6) is 2.48. The Hall–Kier alpha value is -2.95. The lowest BCUT2D eigenvalue weighted by molar-refractivity contribution is 0.402. The lowest BCUT2D eigenvalue weighted by Gasteiger charge is -2.33. The third-order valence-corrected chi connectivity index (χ3v) is 5.35. The molecule has 0 atom stereocenters. The number of hydrogen-bond acceptors (Lipinski definition) is 5. The minimum atomic E-state index is 0.693. The number of nitrogens with one attached hydrogen (secondary N) is 1. The second-order valence-electron chi connectivity index (χ2n) is 7.52. The maximum absolute atomic E-state index is 4.77. The number of piperidine rings is 1. The van der Waals surface area contributed by atoms with E-state index in [2.05, 4.69) is 56.6 Å². The SMILES string of the molecule is Cc1cc(N2CCC(Cc3ccccc3)CC2)nc(NCc2ccncc2)n1. The highest BCUT2D eigenvalue weighted by Crippen LogP contribution is 2.25. The second-order valence-corrected chi connectivity index (χ2v) is 7.52. The van der Waals surface area contributed by atoms with Crippen LogP contribution in [0.3, 0.4) is 0 Å². The number of aromatic nitrogens is 3. The Bertz CT molecular complexity index is 874. The predicted molar refractivity (Wildman–Crippen MR) is 113 cm³/mol. The summed E-state index contributed by atoms with van der Waals surface area (Å²) < 4.78 is 0. The molecule has 1 aromatic carbocycles. The molecule has 1 saturated heterocycles. The zero-order valence-electron chi connectivity index (χ0n) is 16.4. The van der Waals surface area contributed by atoms with Crippen LogP contribution in [0.1, 0.15) is 29.7 Å². The zero-order chi connectivity index (χ0) is 19.2. The lowest BCUT2D eigenvalue weighted by atomic mass is 9.90. The smallest absolute Gasteiger partial charge is 0.225 e. The number of rotatable bonds is 6. The molecule has 0 unspecified atom stereocenters. The van der Waals surface area contributed by atoms with E-state index < -0.39 is 0 Å². The van der Waals surface area contributed by atoms with E-state index in [0.717, 1.165) is 30.5 Å². The molecule has 5 nitrogen and oxygen atoms in total. The van der Waals surface area contributed by atoms with Gasteiger partial charge in [0.2, 0.25) is 5.95 Å². The average Bonchev–Trinajstić information content (AvgIpc) is 2.74. The molecule has 0 bridgehead atoms. The van der Waals surface area contributed by atoms with Crippen LogP contribution in [-0.2, 0) is 13.0 Å². The summed E-state index contributed by atoms with van der Waals surface area (Å²) in [4.78, 5) is 15.8. The van der Waals surface area contributed by atoms with Gasteiger partial charge in [-0.2, -0.15) is 4.98 Å². The lowest BCUT2D eigenvalue weighted by Crippen LogP contribution is -2.35. The number of benzene rings is 1. The first kappa shape index (κ1) is 18.4. The van der Waals surface area contributed by atoms with Crippen LogP contribution in [-0.4, -0.2) is 28.0 Å². The van der Waals surface area contributed by atoms with Crippen LogP contribution in [0.5, 0.6) is 0 Å². The van der Waals surface area contributed by atoms with Crippen molar-refractivity contribution in [2.24, 2.45) is 5.92 Å². The highest BCUT2D eigenvalue weighted by Gasteiger charge is 2.21. The van der Waals surface area contributed by atoms with Crippen LogP contribution in [0.2, 0.25) is 0 Å². The fraction of sp³-hybridized carbons (Fsp3) is 0.348. The van der Waals surface area contributed by atoms with Crippen molar-refractivity contribution >= 4 is 11.8 Å². The Labute approximate surface area is 166 Å². The predicted octanol–water partition coefficient (Wildman–Crippen LogP) is 4.25. The first-order valence-electron chi connectivity index (χ1n) is 10.0. The van der Waals surface area contributed by atoms with Crippen LogP contribution >= 0.6 is 0 Å². The van der Waals surface area contributed by atoms with Gasteiger partial charge in [0.05, 0.1) is 0 Å². The van der Waals surface area contributed by atoms with Crippen LogP contribution < -0.4 is 10.2 Å². The summed E-state index contributed by atoms with van der Waals surface area (Å²) in [5.41, 5.74) is 3.61. The van der Waals surface area contributed by atoms with Crippen molar-refractivity contribution in [2.45, 2.75) is 32.7 Å². The van der Waals surface area contributed by atoms with Gasteiger partial charge in [-0.1, -0.05) is 30.3 Å². The molecule has 3 aromatic rings. The Kier molecular flexibility index (Phi) is 5.80. The summed E-state index contributed by atoms with van der Waals surface area (Å²) >= 11 is 0.